The summed E-state index contributed by atoms with van der Waals surface area (Å²) in [5.74, 6) is -1.46. The Morgan fingerprint density at radius 1 is 1.26 bits per heavy atom. The number of aromatic hydroxyl groups is 1. The molecule has 3 rings (SSSR count). The number of allylic oxidation sites excluding steroid dienone is 2. The minimum atomic E-state index is -0.736. The molecule has 7 heteroatoms. The topological polar surface area (TPSA) is 94.4 Å². The maximum Gasteiger partial charge on any atom is 0.315 e. The van der Waals surface area contributed by atoms with Crippen molar-refractivity contribution in [2.75, 3.05) is 26.9 Å². The molecule has 1 aromatic rings. The molecule has 0 spiro atoms. The van der Waals surface area contributed by atoms with Gasteiger partial charge in [-0.2, -0.15) is 0 Å². The number of hydrogen-bond donors (Lipinski definition) is 1. The quantitative estimate of drug-likeness (QED) is 0.523. The highest BCUT2D eigenvalue weighted by Gasteiger charge is 2.46. The minimum Gasteiger partial charge on any atom is -0.504 e. The van der Waals surface area contributed by atoms with Crippen LogP contribution in [0.1, 0.15) is 52.0 Å². The van der Waals surface area contributed by atoms with Crippen LogP contribution >= 0.6 is 0 Å². The van der Waals surface area contributed by atoms with Gasteiger partial charge in [-0.3, -0.25) is 14.6 Å². The SMILES string of the molecule is CCOCCOC(=O)C1C(C)=NC2=C(C(=O)CC(C)(C)C2)[C@H]1c1ccc(O)c(OC)c1. The van der Waals surface area contributed by atoms with Gasteiger partial charge < -0.3 is 19.3 Å². The highest BCUT2D eigenvalue weighted by molar-refractivity contribution is 6.09. The number of phenols is 1. The summed E-state index contributed by atoms with van der Waals surface area (Å²) in [5, 5.41) is 10.0. The van der Waals surface area contributed by atoms with Crippen molar-refractivity contribution in [3.8, 4) is 11.5 Å². The third-order valence-electron chi connectivity index (χ3n) is 5.80. The van der Waals surface area contributed by atoms with Gasteiger partial charge in [0, 0.05) is 35.9 Å². The number of Topliss-reactive ketones (excluding diaryl/α,β-unsaturated/α-hetero) is 1. The standard InChI is InChI=1S/C24H31NO6/c1-6-30-9-10-31-23(28)20-14(2)25-16-12-24(3,4)13-18(27)22(16)21(20)15-7-8-17(26)19(11-15)29-5/h7-8,11,20-21,26H,6,9-10,12-13H2,1-5H3/t20?,21-/m0/s1. The maximum atomic E-state index is 13.2. The second-order valence-electron chi connectivity index (χ2n) is 8.81. The first kappa shape index (κ1) is 23.0. The summed E-state index contributed by atoms with van der Waals surface area (Å²) < 4.78 is 16.0. The molecule has 2 aliphatic rings. The third kappa shape index (κ3) is 4.82. The highest BCUT2D eigenvalue weighted by Crippen LogP contribution is 2.48. The van der Waals surface area contributed by atoms with E-state index < -0.39 is 17.8 Å². The first-order valence-electron chi connectivity index (χ1n) is 10.6. The molecule has 1 N–H and O–H groups in total. The van der Waals surface area contributed by atoms with Crippen molar-refractivity contribution >= 4 is 17.5 Å². The van der Waals surface area contributed by atoms with Gasteiger partial charge in [0.05, 0.1) is 13.7 Å². The summed E-state index contributed by atoms with van der Waals surface area (Å²) in [4.78, 5) is 31.1. The number of ether oxygens (including phenoxy) is 3. The molecule has 0 saturated carbocycles. The molecule has 0 saturated heterocycles. The van der Waals surface area contributed by atoms with E-state index in [-0.39, 0.29) is 29.3 Å². The lowest BCUT2D eigenvalue weighted by Crippen LogP contribution is -2.39. The van der Waals surface area contributed by atoms with Gasteiger partial charge in [-0.25, -0.2) is 0 Å². The molecule has 31 heavy (non-hydrogen) atoms. The van der Waals surface area contributed by atoms with Crippen LogP contribution in [-0.4, -0.2) is 49.5 Å². The number of rotatable bonds is 7. The number of carbonyl (C=O) groups is 2. The Bertz CT molecular complexity index is 930. The van der Waals surface area contributed by atoms with Crippen LogP contribution in [0.2, 0.25) is 0 Å². The van der Waals surface area contributed by atoms with Crippen LogP contribution in [0.25, 0.3) is 0 Å². The van der Waals surface area contributed by atoms with Gasteiger partial charge in [-0.1, -0.05) is 19.9 Å². The number of ketones is 1. The van der Waals surface area contributed by atoms with E-state index in [9.17, 15) is 14.7 Å². The molecule has 1 aliphatic heterocycles. The van der Waals surface area contributed by atoms with E-state index in [2.05, 4.69) is 0 Å². The molecule has 1 heterocycles. The van der Waals surface area contributed by atoms with Crippen LogP contribution in [0.5, 0.6) is 11.5 Å². The van der Waals surface area contributed by atoms with Gasteiger partial charge in [-0.15, -0.1) is 0 Å². The summed E-state index contributed by atoms with van der Waals surface area (Å²) in [5.41, 5.74) is 2.42. The zero-order valence-electron chi connectivity index (χ0n) is 18.9. The van der Waals surface area contributed by atoms with Crippen molar-refractivity contribution in [1.29, 1.82) is 0 Å². The first-order valence-corrected chi connectivity index (χ1v) is 10.6. The molecule has 1 aliphatic carbocycles. The number of esters is 1. The zero-order valence-corrected chi connectivity index (χ0v) is 18.9. The molecule has 1 unspecified atom stereocenters. The molecular formula is C24H31NO6. The van der Waals surface area contributed by atoms with Crippen LogP contribution in [0.3, 0.4) is 0 Å². The number of hydrogen-bond acceptors (Lipinski definition) is 7. The number of nitrogens with zero attached hydrogens (tertiary/aromatic N) is 1. The Morgan fingerprint density at radius 3 is 2.68 bits per heavy atom. The number of benzene rings is 1. The monoisotopic (exact) mass is 429 g/mol. The van der Waals surface area contributed by atoms with E-state index >= 15 is 0 Å². The van der Waals surface area contributed by atoms with E-state index in [1.807, 2.05) is 20.8 Å². The van der Waals surface area contributed by atoms with Gasteiger partial charge in [-0.05, 0) is 43.4 Å². The van der Waals surface area contributed by atoms with E-state index in [0.29, 0.717) is 42.9 Å². The first-order chi connectivity index (χ1) is 14.7. The van der Waals surface area contributed by atoms with E-state index in [1.165, 1.54) is 13.2 Å². The minimum absolute atomic E-state index is 0.00593. The average molecular weight is 430 g/mol. The van der Waals surface area contributed by atoms with Gasteiger partial charge in [0.15, 0.2) is 17.3 Å². The van der Waals surface area contributed by atoms with Gasteiger partial charge >= 0.3 is 5.97 Å². The summed E-state index contributed by atoms with van der Waals surface area (Å²) >= 11 is 0. The smallest absolute Gasteiger partial charge is 0.315 e. The molecule has 0 aromatic heterocycles. The molecule has 0 bridgehead atoms. The van der Waals surface area contributed by atoms with Gasteiger partial charge in [0.2, 0.25) is 0 Å². The van der Waals surface area contributed by atoms with Crippen molar-refractivity contribution in [3.05, 3.63) is 35.0 Å². The molecular weight excluding hydrogens is 398 g/mol. The summed E-state index contributed by atoms with van der Waals surface area (Å²) in [6.45, 7) is 8.75. The van der Waals surface area contributed by atoms with Crippen molar-refractivity contribution in [2.24, 2.45) is 16.3 Å². The highest BCUT2D eigenvalue weighted by atomic mass is 16.6. The Hall–Kier alpha value is -2.67. The average Bonchev–Trinajstić information content (AvgIpc) is 2.69. The number of phenolic OH excluding ortho intramolecular Hbond substituents is 1. The Balaban J connectivity index is 2.06. The number of methoxy groups -OCH3 is 1. The van der Waals surface area contributed by atoms with Crippen LogP contribution < -0.4 is 4.74 Å². The molecule has 0 fully saturated rings. The Labute approximate surface area is 183 Å². The predicted octanol–water partition coefficient (Wildman–Crippen LogP) is 3.80. The van der Waals surface area contributed by atoms with Crippen LogP contribution in [0.4, 0.5) is 0 Å². The molecule has 2 atom stereocenters. The molecule has 1 aromatic carbocycles. The Morgan fingerprint density at radius 2 is 2.00 bits per heavy atom. The molecule has 0 amide bonds. The summed E-state index contributed by atoms with van der Waals surface area (Å²) in [7, 11) is 1.46. The predicted molar refractivity (Wildman–Crippen MR) is 116 cm³/mol. The van der Waals surface area contributed by atoms with Crippen molar-refractivity contribution in [3.63, 3.8) is 0 Å². The van der Waals surface area contributed by atoms with Crippen LogP contribution in [0.15, 0.2) is 34.5 Å². The lowest BCUT2D eigenvalue weighted by molar-refractivity contribution is -0.148. The maximum absolute atomic E-state index is 13.2. The fourth-order valence-electron chi connectivity index (χ4n) is 4.43. The number of carbonyl (C=O) groups excluding carboxylic acids is 2. The molecule has 0 radical (unpaired) electrons. The fourth-order valence-corrected chi connectivity index (χ4v) is 4.43. The number of aliphatic imine (C=N–C) groups is 1. The lowest BCUT2D eigenvalue weighted by Gasteiger charge is -2.39. The fraction of sp³-hybridized carbons (Fsp3) is 0.542. The summed E-state index contributed by atoms with van der Waals surface area (Å²) in [6, 6.07) is 4.92. The van der Waals surface area contributed by atoms with Crippen LogP contribution in [0, 0.1) is 11.3 Å². The third-order valence-corrected chi connectivity index (χ3v) is 5.80. The van der Waals surface area contributed by atoms with Crippen molar-refractivity contribution in [2.45, 2.75) is 46.5 Å². The van der Waals surface area contributed by atoms with Crippen molar-refractivity contribution < 1.29 is 28.9 Å². The molecule has 7 nitrogen and oxygen atoms in total. The largest absolute Gasteiger partial charge is 0.504 e. The normalized spacial score (nSPS) is 22.6. The zero-order chi connectivity index (χ0) is 22.8. The van der Waals surface area contributed by atoms with E-state index in [4.69, 9.17) is 19.2 Å². The lowest BCUT2D eigenvalue weighted by atomic mass is 9.67. The van der Waals surface area contributed by atoms with Crippen molar-refractivity contribution in [1.82, 2.24) is 0 Å². The second-order valence-corrected chi connectivity index (χ2v) is 8.81. The van der Waals surface area contributed by atoms with Gasteiger partial charge in [0.1, 0.15) is 12.5 Å². The van der Waals surface area contributed by atoms with Gasteiger partial charge in [0.25, 0.3) is 0 Å². The summed E-state index contributed by atoms with van der Waals surface area (Å²) in [6.07, 6.45) is 1.04. The van der Waals surface area contributed by atoms with Crippen LogP contribution in [-0.2, 0) is 19.1 Å². The van der Waals surface area contributed by atoms with E-state index in [0.717, 1.165) is 5.70 Å². The second kappa shape index (κ2) is 9.22. The van der Waals surface area contributed by atoms with E-state index in [1.54, 1.807) is 19.1 Å². The Kier molecular flexibility index (Phi) is 6.84. The molecule has 168 valence electrons.